The minimum Gasteiger partial charge on any atom is -0.354 e. The second kappa shape index (κ2) is 8.96. The van der Waals surface area contributed by atoms with Crippen molar-refractivity contribution in [1.82, 2.24) is 24.8 Å². The van der Waals surface area contributed by atoms with Gasteiger partial charge in [0.1, 0.15) is 11.6 Å². The molecule has 1 amide bonds. The number of nitrogens with one attached hydrogen (secondary N) is 1. The number of aromatic nitrogens is 4. The van der Waals surface area contributed by atoms with E-state index in [-0.39, 0.29) is 5.91 Å². The Bertz CT molecular complexity index is 1350. The van der Waals surface area contributed by atoms with E-state index < -0.39 is 0 Å². The average molecular weight is 475 g/mol. The Balaban J connectivity index is 1.33. The van der Waals surface area contributed by atoms with Crippen LogP contribution in [-0.4, -0.2) is 78.1 Å². The molecule has 10 heteroatoms. The molecular weight excluding hydrogens is 448 g/mol. The molecule has 1 aliphatic rings. The summed E-state index contributed by atoms with van der Waals surface area (Å²) in [5, 5.41) is 4.74. The van der Waals surface area contributed by atoms with E-state index >= 15 is 0 Å². The van der Waals surface area contributed by atoms with Gasteiger partial charge in [0.25, 0.3) is 5.91 Å². The second-order valence-electron chi connectivity index (χ2n) is 8.77. The second-order valence-corrected chi connectivity index (χ2v) is 9.78. The number of amides is 1. The van der Waals surface area contributed by atoms with Crippen molar-refractivity contribution in [2.45, 2.75) is 6.04 Å². The number of anilines is 3. The standard InChI is InChI=1S/C24H26N8OS/c1-30(2)18-13-32(14-18)22-9-15(5-6-25-22)23(33)29-21-8-16-7-17(10-26-19(16)11-27-21)20-12-28-24(34-20)31(3)4/h5-12,18H,13-14H2,1-4H3,(H,27,29,33). The Kier molecular flexibility index (Phi) is 5.84. The minimum atomic E-state index is -0.220. The maximum Gasteiger partial charge on any atom is 0.257 e. The molecule has 1 saturated heterocycles. The molecule has 1 aliphatic heterocycles. The number of fused-ring (bicyclic) bond motifs is 1. The largest absolute Gasteiger partial charge is 0.354 e. The van der Waals surface area contributed by atoms with Crippen LogP contribution in [0.3, 0.4) is 0 Å². The Morgan fingerprint density at radius 3 is 2.59 bits per heavy atom. The number of thiazole rings is 1. The monoisotopic (exact) mass is 474 g/mol. The molecule has 0 aromatic carbocycles. The summed E-state index contributed by atoms with van der Waals surface area (Å²) in [4.78, 5) is 38.1. The summed E-state index contributed by atoms with van der Waals surface area (Å²) < 4.78 is 0. The fourth-order valence-electron chi connectivity index (χ4n) is 3.73. The first-order valence-electron chi connectivity index (χ1n) is 11.0. The van der Waals surface area contributed by atoms with Gasteiger partial charge in [0, 0.05) is 68.3 Å². The summed E-state index contributed by atoms with van der Waals surface area (Å²) >= 11 is 1.60. The molecule has 4 aromatic rings. The third-order valence-corrected chi connectivity index (χ3v) is 7.11. The van der Waals surface area contributed by atoms with Crippen LogP contribution in [0.25, 0.3) is 21.3 Å². The summed E-state index contributed by atoms with van der Waals surface area (Å²) in [7, 11) is 8.09. The number of hydrogen-bond donors (Lipinski definition) is 1. The lowest BCUT2D eigenvalue weighted by Crippen LogP contribution is -2.57. The number of carbonyl (C=O) groups is 1. The van der Waals surface area contributed by atoms with Gasteiger partial charge >= 0.3 is 0 Å². The Morgan fingerprint density at radius 1 is 1.03 bits per heavy atom. The van der Waals surface area contributed by atoms with E-state index in [1.165, 1.54) is 0 Å². The van der Waals surface area contributed by atoms with Crippen LogP contribution in [0.4, 0.5) is 16.8 Å². The number of rotatable bonds is 6. The molecule has 0 unspecified atom stereocenters. The van der Waals surface area contributed by atoms with Gasteiger partial charge in [-0.1, -0.05) is 11.3 Å². The van der Waals surface area contributed by atoms with Crippen molar-refractivity contribution in [3.05, 3.63) is 54.6 Å². The quantitative estimate of drug-likeness (QED) is 0.456. The van der Waals surface area contributed by atoms with Gasteiger partial charge < -0.3 is 20.0 Å². The maximum absolute atomic E-state index is 12.9. The predicted octanol–water partition coefficient (Wildman–Crippen LogP) is 3.22. The van der Waals surface area contributed by atoms with Crippen molar-refractivity contribution in [1.29, 1.82) is 0 Å². The summed E-state index contributed by atoms with van der Waals surface area (Å²) in [5.74, 6) is 1.07. The third kappa shape index (κ3) is 4.42. The third-order valence-electron chi connectivity index (χ3n) is 5.89. The van der Waals surface area contributed by atoms with E-state index in [1.807, 2.05) is 49.6 Å². The lowest BCUT2D eigenvalue weighted by atomic mass is 10.1. The van der Waals surface area contributed by atoms with Crippen LogP contribution in [0.5, 0.6) is 0 Å². The van der Waals surface area contributed by atoms with E-state index in [9.17, 15) is 4.79 Å². The highest BCUT2D eigenvalue weighted by Crippen LogP contribution is 2.31. The van der Waals surface area contributed by atoms with Gasteiger partial charge in [-0.2, -0.15) is 0 Å². The number of pyridine rings is 3. The molecule has 9 nitrogen and oxygen atoms in total. The maximum atomic E-state index is 12.9. The molecule has 0 atom stereocenters. The van der Waals surface area contributed by atoms with Gasteiger partial charge in [0.05, 0.1) is 16.6 Å². The highest BCUT2D eigenvalue weighted by molar-refractivity contribution is 7.18. The normalized spacial score (nSPS) is 13.9. The van der Waals surface area contributed by atoms with Crippen molar-refractivity contribution >= 4 is 44.9 Å². The summed E-state index contributed by atoms with van der Waals surface area (Å²) in [6.45, 7) is 1.81. The molecule has 1 N–H and O–H groups in total. The smallest absolute Gasteiger partial charge is 0.257 e. The van der Waals surface area contributed by atoms with Gasteiger partial charge in [0.2, 0.25) is 0 Å². The molecular formula is C24H26N8OS. The Morgan fingerprint density at radius 2 is 1.85 bits per heavy atom. The molecule has 0 saturated carbocycles. The van der Waals surface area contributed by atoms with Gasteiger partial charge in [-0.25, -0.2) is 15.0 Å². The molecule has 0 aliphatic carbocycles. The van der Waals surface area contributed by atoms with E-state index in [4.69, 9.17) is 0 Å². The van der Waals surface area contributed by atoms with E-state index in [0.717, 1.165) is 45.4 Å². The highest BCUT2D eigenvalue weighted by atomic mass is 32.1. The first kappa shape index (κ1) is 22.2. The van der Waals surface area contributed by atoms with E-state index in [0.29, 0.717) is 17.4 Å². The summed E-state index contributed by atoms with van der Waals surface area (Å²) in [5.41, 5.74) is 2.29. The Hall–Kier alpha value is -3.63. The predicted molar refractivity (Wildman–Crippen MR) is 137 cm³/mol. The van der Waals surface area contributed by atoms with Crippen LogP contribution in [0.15, 0.2) is 49.1 Å². The molecule has 0 bridgehead atoms. The van der Waals surface area contributed by atoms with Gasteiger partial charge in [-0.05, 0) is 38.4 Å². The van der Waals surface area contributed by atoms with Crippen molar-refractivity contribution in [3.63, 3.8) is 0 Å². The van der Waals surface area contributed by atoms with Crippen molar-refractivity contribution < 1.29 is 4.79 Å². The van der Waals surface area contributed by atoms with Gasteiger partial charge in [-0.3, -0.25) is 9.78 Å². The van der Waals surface area contributed by atoms with E-state index in [2.05, 4.69) is 49.1 Å². The summed E-state index contributed by atoms with van der Waals surface area (Å²) in [6.07, 6.45) is 7.03. The Labute approximate surface area is 202 Å². The van der Waals surface area contributed by atoms with Crippen molar-refractivity contribution in [2.75, 3.05) is 56.4 Å². The first-order chi connectivity index (χ1) is 16.4. The number of nitrogens with zero attached hydrogens (tertiary/aromatic N) is 7. The molecule has 5 rings (SSSR count). The van der Waals surface area contributed by atoms with Crippen LogP contribution in [-0.2, 0) is 0 Å². The topological polar surface area (TPSA) is 90.4 Å². The van der Waals surface area contributed by atoms with E-state index in [1.54, 1.807) is 29.8 Å². The number of hydrogen-bond acceptors (Lipinski definition) is 9. The van der Waals surface area contributed by atoms with Crippen LogP contribution in [0.2, 0.25) is 0 Å². The van der Waals surface area contributed by atoms with Crippen LogP contribution >= 0.6 is 11.3 Å². The molecule has 0 spiro atoms. The van der Waals surface area contributed by atoms with Crippen molar-refractivity contribution in [2.24, 2.45) is 0 Å². The van der Waals surface area contributed by atoms with Crippen molar-refractivity contribution in [3.8, 4) is 10.4 Å². The van der Waals surface area contributed by atoms with Gasteiger partial charge in [0.15, 0.2) is 5.13 Å². The zero-order valence-corrected chi connectivity index (χ0v) is 20.4. The zero-order chi connectivity index (χ0) is 23.8. The number of carbonyl (C=O) groups excluding carboxylic acids is 1. The lowest BCUT2D eigenvalue weighted by molar-refractivity contribution is 0.102. The number of likely N-dealkylation sites (N-methyl/N-ethyl adjacent to an activating group) is 1. The fraction of sp³-hybridized carbons (Fsp3) is 0.292. The minimum absolute atomic E-state index is 0.220. The van der Waals surface area contributed by atoms with Crippen LogP contribution in [0, 0.1) is 0 Å². The summed E-state index contributed by atoms with van der Waals surface area (Å²) in [6, 6.07) is 7.95. The SMILES string of the molecule is CN(C)c1ncc(-c2cnc3cnc(NC(=O)c4ccnc(N5CC(N(C)C)C5)c4)cc3c2)s1. The molecule has 0 radical (unpaired) electrons. The van der Waals surface area contributed by atoms with Crippen LogP contribution in [0.1, 0.15) is 10.4 Å². The highest BCUT2D eigenvalue weighted by Gasteiger charge is 2.29. The zero-order valence-electron chi connectivity index (χ0n) is 19.6. The molecule has 5 heterocycles. The lowest BCUT2D eigenvalue weighted by Gasteiger charge is -2.43. The molecule has 1 fully saturated rings. The van der Waals surface area contributed by atoms with Gasteiger partial charge in [-0.15, -0.1) is 0 Å². The first-order valence-corrected chi connectivity index (χ1v) is 11.8. The molecule has 4 aromatic heterocycles. The van der Waals surface area contributed by atoms with Crippen LogP contribution < -0.4 is 15.1 Å². The molecule has 34 heavy (non-hydrogen) atoms. The molecule has 174 valence electrons. The fourth-order valence-corrected chi connectivity index (χ4v) is 4.55. The average Bonchev–Trinajstić information content (AvgIpc) is 3.28.